The average molecular weight is 469 g/mol. The number of pyridine rings is 1. The zero-order valence-electron chi connectivity index (χ0n) is 17.6. The van der Waals surface area contributed by atoms with Crippen LogP contribution < -0.4 is 10.1 Å². The monoisotopic (exact) mass is 469 g/mol. The SMILES string of the molecule is O=C(NCc1ccnc(OCC(F)(F)F)c1)c1ccc2c(c1)C(=O)N(Cc1ccccc1)C2=O. The maximum Gasteiger partial charge on any atom is 0.422 e. The molecule has 0 spiro atoms. The van der Waals surface area contributed by atoms with Crippen molar-refractivity contribution in [3.63, 3.8) is 0 Å². The first-order valence-corrected chi connectivity index (χ1v) is 10.2. The summed E-state index contributed by atoms with van der Waals surface area (Å²) >= 11 is 0. The Morgan fingerprint density at radius 2 is 1.68 bits per heavy atom. The molecule has 10 heteroatoms. The van der Waals surface area contributed by atoms with E-state index in [2.05, 4.69) is 15.0 Å². The maximum absolute atomic E-state index is 12.8. The molecule has 0 saturated carbocycles. The van der Waals surface area contributed by atoms with E-state index in [1.807, 2.05) is 18.2 Å². The predicted molar refractivity (Wildman–Crippen MR) is 114 cm³/mol. The van der Waals surface area contributed by atoms with Crippen molar-refractivity contribution in [1.29, 1.82) is 0 Å². The number of halogens is 3. The average Bonchev–Trinajstić information content (AvgIpc) is 3.06. The molecule has 1 aromatic heterocycles. The van der Waals surface area contributed by atoms with Crippen molar-refractivity contribution in [3.8, 4) is 5.88 Å². The van der Waals surface area contributed by atoms with Crippen LogP contribution in [-0.2, 0) is 13.1 Å². The number of alkyl halides is 3. The van der Waals surface area contributed by atoms with Crippen molar-refractivity contribution in [2.24, 2.45) is 0 Å². The highest BCUT2D eigenvalue weighted by atomic mass is 19.4. The van der Waals surface area contributed by atoms with Crippen LogP contribution in [0.3, 0.4) is 0 Å². The molecule has 3 amide bonds. The Labute approximate surface area is 192 Å². The fourth-order valence-corrected chi connectivity index (χ4v) is 3.42. The molecule has 4 rings (SSSR count). The number of carbonyl (C=O) groups is 3. The van der Waals surface area contributed by atoms with Gasteiger partial charge in [0.1, 0.15) is 0 Å². The molecule has 0 fully saturated rings. The van der Waals surface area contributed by atoms with Gasteiger partial charge >= 0.3 is 6.18 Å². The molecular weight excluding hydrogens is 451 g/mol. The summed E-state index contributed by atoms with van der Waals surface area (Å²) in [6.45, 7) is -1.36. The van der Waals surface area contributed by atoms with Gasteiger partial charge in [-0.1, -0.05) is 30.3 Å². The Balaban J connectivity index is 1.42. The molecule has 0 radical (unpaired) electrons. The van der Waals surface area contributed by atoms with E-state index in [0.717, 1.165) is 10.5 Å². The lowest BCUT2D eigenvalue weighted by Gasteiger charge is -2.13. The highest BCUT2D eigenvalue weighted by molar-refractivity contribution is 6.22. The first-order valence-electron chi connectivity index (χ1n) is 10.2. The van der Waals surface area contributed by atoms with Crippen molar-refractivity contribution in [1.82, 2.24) is 15.2 Å². The highest BCUT2D eigenvalue weighted by Gasteiger charge is 2.36. The van der Waals surface area contributed by atoms with Crippen LogP contribution in [-0.4, -0.2) is 40.4 Å². The number of rotatable bonds is 7. The highest BCUT2D eigenvalue weighted by Crippen LogP contribution is 2.26. The lowest BCUT2D eigenvalue weighted by Crippen LogP contribution is -2.29. The number of hydrogen-bond donors (Lipinski definition) is 1. The number of nitrogens with one attached hydrogen (secondary N) is 1. The molecule has 0 atom stereocenters. The number of ether oxygens (including phenoxy) is 1. The minimum atomic E-state index is -4.49. The second kappa shape index (κ2) is 9.34. The van der Waals surface area contributed by atoms with Crippen LogP contribution in [0.15, 0.2) is 66.9 Å². The van der Waals surface area contributed by atoms with E-state index in [0.29, 0.717) is 5.56 Å². The van der Waals surface area contributed by atoms with E-state index in [4.69, 9.17) is 0 Å². The molecule has 0 bridgehead atoms. The molecule has 1 aliphatic heterocycles. The van der Waals surface area contributed by atoms with Gasteiger partial charge in [0.2, 0.25) is 5.88 Å². The lowest BCUT2D eigenvalue weighted by molar-refractivity contribution is -0.154. The molecule has 2 heterocycles. The Kier molecular flexibility index (Phi) is 6.31. The number of hydrogen-bond acceptors (Lipinski definition) is 5. The second-order valence-corrected chi connectivity index (χ2v) is 7.53. The van der Waals surface area contributed by atoms with E-state index in [1.54, 1.807) is 12.1 Å². The molecule has 1 N–H and O–H groups in total. The molecule has 2 aromatic carbocycles. The van der Waals surface area contributed by atoms with E-state index >= 15 is 0 Å². The van der Waals surface area contributed by atoms with Gasteiger partial charge in [-0.2, -0.15) is 13.2 Å². The first-order chi connectivity index (χ1) is 16.2. The quantitative estimate of drug-likeness (QED) is 0.533. The fourth-order valence-electron chi connectivity index (χ4n) is 3.42. The van der Waals surface area contributed by atoms with E-state index in [9.17, 15) is 27.6 Å². The van der Waals surface area contributed by atoms with Crippen LogP contribution in [0.25, 0.3) is 0 Å². The zero-order chi connectivity index (χ0) is 24.3. The summed E-state index contributed by atoms with van der Waals surface area (Å²) in [4.78, 5) is 42.9. The molecule has 1 aliphatic rings. The lowest BCUT2D eigenvalue weighted by atomic mass is 10.1. The van der Waals surface area contributed by atoms with Gasteiger partial charge in [0, 0.05) is 24.4 Å². The molecule has 0 unspecified atom stereocenters. The Morgan fingerprint density at radius 3 is 2.41 bits per heavy atom. The van der Waals surface area contributed by atoms with E-state index in [-0.39, 0.29) is 35.7 Å². The minimum Gasteiger partial charge on any atom is -0.468 e. The van der Waals surface area contributed by atoms with Gasteiger partial charge in [-0.3, -0.25) is 19.3 Å². The summed E-state index contributed by atoms with van der Waals surface area (Å²) in [5.74, 6) is -1.65. The molecule has 0 saturated heterocycles. The predicted octanol–water partition coefficient (Wildman–Crippen LogP) is 3.75. The third-order valence-electron chi connectivity index (χ3n) is 5.05. The van der Waals surface area contributed by atoms with Crippen LogP contribution in [0.5, 0.6) is 5.88 Å². The molecule has 3 aromatic rings. The standard InChI is InChI=1S/C24H18F3N3O4/c25-24(26,27)14-34-20-10-16(8-9-28-20)12-29-21(31)17-6-7-18-19(11-17)23(33)30(22(18)32)13-15-4-2-1-3-5-15/h1-11H,12-14H2,(H,29,31). The summed E-state index contributed by atoms with van der Waals surface area (Å²) in [6.07, 6.45) is -3.22. The van der Waals surface area contributed by atoms with Crippen molar-refractivity contribution in [3.05, 3.63) is 94.7 Å². The molecular formula is C24H18F3N3O4. The molecule has 0 aliphatic carbocycles. The molecule has 174 valence electrons. The fraction of sp³-hybridized carbons (Fsp3) is 0.167. The van der Waals surface area contributed by atoms with Gasteiger partial charge < -0.3 is 10.1 Å². The third-order valence-corrected chi connectivity index (χ3v) is 5.05. The van der Waals surface area contributed by atoms with Crippen LogP contribution in [0.1, 0.15) is 42.2 Å². The van der Waals surface area contributed by atoms with Gasteiger partial charge in [0.15, 0.2) is 6.61 Å². The summed E-state index contributed by atoms with van der Waals surface area (Å²) in [6, 6.07) is 16.1. The van der Waals surface area contributed by atoms with Crippen LogP contribution in [0, 0.1) is 0 Å². The summed E-state index contributed by atoms with van der Waals surface area (Å²) in [5.41, 5.74) is 1.80. The maximum atomic E-state index is 12.8. The first kappa shape index (κ1) is 23.0. The Bertz CT molecular complexity index is 1250. The van der Waals surface area contributed by atoms with Gasteiger partial charge in [-0.15, -0.1) is 0 Å². The van der Waals surface area contributed by atoms with Gasteiger partial charge in [0.05, 0.1) is 17.7 Å². The van der Waals surface area contributed by atoms with Crippen LogP contribution >= 0.6 is 0 Å². The summed E-state index contributed by atoms with van der Waals surface area (Å²) < 4.78 is 41.5. The van der Waals surface area contributed by atoms with Crippen LogP contribution in [0.2, 0.25) is 0 Å². The number of aromatic nitrogens is 1. The number of imide groups is 1. The van der Waals surface area contributed by atoms with E-state index in [1.165, 1.54) is 36.5 Å². The largest absolute Gasteiger partial charge is 0.468 e. The van der Waals surface area contributed by atoms with Gasteiger partial charge in [-0.25, -0.2) is 4.98 Å². The second-order valence-electron chi connectivity index (χ2n) is 7.53. The smallest absolute Gasteiger partial charge is 0.422 e. The van der Waals surface area contributed by atoms with Gasteiger partial charge in [0.25, 0.3) is 17.7 Å². The third kappa shape index (κ3) is 5.22. The number of nitrogens with zero attached hydrogens (tertiary/aromatic N) is 2. The van der Waals surface area contributed by atoms with Gasteiger partial charge in [-0.05, 0) is 35.4 Å². The normalized spacial score (nSPS) is 13.1. The van der Waals surface area contributed by atoms with Crippen LogP contribution in [0.4, 0.5) is 13.2 Å². The summed E-state index contributed by atoms with van der Waals surface area (Å²) in [7, 11) is 0. The van der Waals surface area contributed by atoms with E-state index < -0.39 is 30.5 Å². The van der Waals surface area contributed by atoms with Crippen molar-refractivity contribution in [2.45, 2.75) is 19.3 Å². The molecule has 34 heavy (non-hydrogen) atoms. The van der Waals surface area contributed by atoms with Crippen molar-refractivity contribution >= 4 is 17.7 Å². The number of carbonyl (C=O) groups excluding carboxylic acids is 3. The Hall–Kier alpha value is -4.21. The topological polar surface area (TPSA) is 88.6 Å². The number of benzene rings is 2. The minimum absolute atomic E-state index is 0.00613. The van der Waals surface area contributed by atoms with Crippen molar-refractivity contribution in [2.75, 3.05) is 6.61 Å². The number of amides is 3. The summed E-state index contributed by atoms with van der Waals surface area (Å²) in [5, 5.41) is 2.63. The van der Waals surface area contributed by atoms with Crippen molar-refractivity contribution < 1.29 is 32.3 Å². The zero-order valence-corrected chi connectivity index (χ0v) is 17.6. The Morgan fingerprint density at radius 1 is 0.941 bits per heavy atom. The molecule has 7 nitrogen and oxygen atoms in total. The number of fused-ring (bicyclic) bond motifs is 1.